The average Bonchev–Trinajstić information content (AvgIpc) is 3.26. The fourth-order valence-electron chi connectivity index (χ4n) is 3.04. The lowest BCUT2D eigenvalue weighted by atomic mass is 10.1. The molecule has 0 spiro atoms. The van der Waals surface area contributed by atoms with Gasteiger partial charge in [-0.25, -0.2) is 0 Å². The van der Waals surface area contributed by atoms with Crippen molar-refractivity contribution in [3.05, 3.63) is 57.2 Å². The number of rotatable bonds is 4. The Morgan fingerprint density at radius 1 is 1.27 bits per heavy atom. The van der Waals surface area contributed by atoms with Gasteiger partial charge in [0.1, 0.15) is 12.2 Å². The van der Waals surface area contributed by atoms with E-state index < -0.39 is 5.97 Å². The quantitative estimate of drug-likeness (QED) is 0.351. The Morgan fingerprint density at radius 3 is 2.60 bits per heavy atom. The summed E-state index contributed by atoms with van der Waals surface area (Å²) in [4.78, 5) is 28.1. The minimum absolute atomic E-state index is 0.129. The number of carbonyl (C=O) groups excluding carboxylic acids is 2. The highest BCUT2D eigenvalue weighted by atomic mass is 79.9. The number of fused-ring (bicyclic) bond motifs is 1. The van der Waals surface area contributed by atoms with E-state index in [1.807, 2.05) is 0 Å². The van der Waals surface area contributed by atoms with E-state index in [2.05, 4.69) is 15.9 Å². The van der Waals surface area contributed by atoms with Crippen LogP contribution in [0.25, 0.3) is 6.08 Å². The SMILES string of the molecule is COC(=O)CN1C(=S)N(c2ccc(Cl)cc2)C(=O)/C1=C/c1cc2c(cc1Br)OCO2. The number of methoxy groups -OCH3 is 1. The van der Waals surface area contributed by atoms with Crippen LogP contribution in [0.5, 0.6) is 11.5 Å². The second-order valence-electron chi connectivity index (χ2n) is 6.32. The van der Waals surface area contributed by atoms with Crippen molar-refractivity contribution in [3.63, 3.8) is 0 Å². The summed E-state index contributed by atoms with van der Waals surface area (Å²) in [5.41, 5.74) is 1.43. The third-order valence-electron chi connectivity index (χ3n) is 4.52. The molecule has 1 saturated heterocycles. The Bertz CT molecular complexity index is 1090. The van der Waals surface area contributed by atoms with Gasteiger partial charge in [-0.1, -0.05) is 27.5 Å². The van der Waals surface area contributed by atoms with Gasteiger partial charge in [-0.2, -0.15) is 0 Å². The van der Waals surface area contributed by atoms with Gasteiger partial charge in [0, 0.05) is 9.50 Å². The standard InChI is InChI=1S/C20H14BrClN2O5S/c1-27-18(25)9-23-15(6-11-7-16-17(8-14(11)21)29-10-28-16)19(26)24(20(23)30)13-4-2-12(22)3-5-13/h2-8H,9-10H2,1H3/b15-6-. The lowest BCUT2D eigenvalue weighted by molar-refractivity contribution is -0.140. The van der Waals surface area contributed by atoms with Gasteiger partial charge in [-0.05, 0) is 60.3 Å². The molecule has 4 rings (SSSR count). The van der Waals surface area contributed by atoms with E-state index in [-0.39, 0.29) is 30.1 Å². The highest BCUT2D eigenvalue weighted by Gasteiger charge is 2.40. The lowest BCUT2D eigenvalue weighted by Crippen LogP contribution is -2.35. The molecular weight excluding hydrogens is 496 g/mol. The molecule has 0 bridgehead atoms. The molecule has 0 atom stereocenters. The van der Waals surface area contributed by atoms with Crippen molar-refractivity contribution in [2.45, 2.75) is 0 Å². The van der Waals surface area contributed by atoms with E-state index >= 15 is 0 Å². The molecule has 7 nitrogen and oxygen atoms in total. The molecule has 0 aliphatic carbocycles. The average molecular weight is 510 g/mol. The zero-order valence-corrected chi connectivity index (χ0v) is 18.7. The maximum atomic E-state index is 13.3. The van der Waals surface area contributed by atoms with Crippen LogP contribution in [-0.2, 0) is 14.3 Å². The van der Waals surface area contributed by atoms with Crippen LogP contribution in [0.4, 0.5) is 5.69 Å². The van der Waals surface area contributed by atoms with E-state index in [0.717, 1.165) is 0 Å². The largest absolute Gasteiger partial charge is 0.468 e. The first-order chi connectivity index (χ1) is 14.4. The Hall–Kier alpha value is -2.62. The number of halogens is 2. The highest BCUT2D eigenvalue weighted by Crippen LogP contribution is 2.39. The van der Waals surface area contributed by atoms with Crippen molar-refractivity contribution in [2.75, 3.05) is 25.3 Å². The van der Waals surface area contributed by atoms with Crippen molar-refractivity contribution < 1.29 is 23.8 Å². The Labute approximate surface area is 190 Å². The lowest BCUT2D eigenvalue weighted by Gasteiger charge is -2.19. The molecule has 0 N–H and O–H groups in total. The van der Waals surface area contributed by atoms with Crippen LogP contribution in [0.3, 0.4) is 0 Å². The van der Waals surface area contributed by atoms with Gasteiger partial charge in [0.25, 0.3) is 5.91 Å². The van der Waals surface area contributed by atoms with Crippen LogP contribution in [0.2, 0.25) is 5.02 Å². The van der Waals surface area contributed by atoms with Crippen LogP contribution in [0.1, 0.15) is 5.56 Å². The summed E-state index contributed by atoms with van der Waals surface area (Å²) in [6.45, 7) is -0.0806. The highest BCUT2D eigenvalue weighted by molar-refractivity contribution is 9.10. The predicted molar refractivity (Wildman–Crippen MR) is 119 cm³/mol. The van der Waals surface area contributed by atoms with Crippen LogP contribution < -0.4 is 14.4 Å². The van der Waals surface area contributed by atoms with Crippen LogP contribution >= 0.6 is 39.7 Å². The molecule has 1 fully saturated rings. The molecule has 154 valence electrons. The van der Waals surface area contributed by atoms with Crippen LogP contribution in [0.15, 0.2) is 46.6 Å². The monoisotopic (exact) mass is 508 g/mol. The van der Waals surface area contributed by atoms with Crippen LogP contribution in [0, 0.1) is 0 Å². The van der Waals surface area contributed by atoms with Gasteiger partial charge in [0.2, 0.25) is 6.79 Å². The van der Waals surface area contributed by atoms with E-state index in [1.165, 1.54) is 16.9 Å². The van der Waals surface area contributed by atoms with Crippen molar-refractivity contribution in [2.24, 2.45) is 0 Å². The number of anilines is 1. The fraction of sp³-hybridized carbons (Fsp3) is 0.150. The van der Waals surface area contributed by atoms with E-state index in [1.54, 1.807) is 42.5 Å². The third-order valence-corrected chi connectivity index (χ3v) is 5.86. The molecule has 0 unspecified atom stereocenters. The van der Waals surface area contributed by atoms with Gasteiger partial charge in [-0.15, -0.1) is 0 Å². The second-order valence-corrected chi connectivity index (χ2v) is 7.97. The number of amides is 1. The summed E-state index contributed by atoms with van der Waals surface area (Å²) in [6.07, 6.45) is 1.64. The molecule has 30 heavy (non-hydrogen) atoms. The third kappa shape index (κ3) is 3.76. The van der Waals surface area contributed by atoms with Crippen molar-refractivity contribution in [3.8, 4) is 11.5 Å². The first kappa shape index (κ1) is 20.6. The number of nitrogens with zero attached hydrogens (tertiary/aromatic N) is 2. The topological polar surface area (TPSA) is 68.3 Å². The first-order valence-corrected chi connectivity index (χ1v) is 10.3. The Balaban J connectivity index is 1.78. The van der Waals surface area contributed by atoms with Gasteiger partial charge < -0.3 is 19.1 Å². The molecule has 10 heteroatoms. The van der Waals surface area contributed by atoms with Crippen molar-refractivity contribution >= 4 is 68.5 Å². The smallest absolute Gasteiger partial charge is 0.325 e. The van der Waals surface area contributed by atoms with Gasteiger partial charge in [0.05, 0.1) is 12.8 Å². The van der Waals surface area contributed by atoms with Gasteiger partial charge in [0.15, 0.2) is 16.6 Å². The number of ether oxygens (including phenoxy) is 3. The minimum Gasteiger partial charge on any atom is -0.468 e. The Kier molecular flexibility index (Phi) is 5.68. The maximum absolute atomic E-state index is 13.3. The van der Waals surface area contributed by atoms with E-state index in [4.69, 9.17) is 38.0 Å². The molecule has 2 aliphatic rings. The van der Waals surface area contributed by atoms with Crippen LogP contribution in [-0.4, -0.2) is 42.3 Å². The van der Waals surface area contributed by atoms with Gasteiger partial charge >= 0.3 is 5.97 Å². The first-order valence-electron chi connectivity index (χ1n) is 8.68. The zero-order chi connectivity index (χ0) is 21.4. The molecule has 2 heterocycles. The summed E-state index contributed by atoms with van der Waals surface area (Å²) < 4.78 is 16.3. The molecule has 0 aromatic heterocycles. The normalized spacial score (nSPS) is 16.6. The molecule has 0 saturated carbocycles. The second kappa shape index (κ2) is 8.25. The molecule has 2 aromatic rings. The molecule has 2 aliphatic heterocycles. The van der Waals surface area contributed by atoms with E-state index in [0.29, 0.717) is 32.2 Å². The molecule has 0 radical (unpaired) electrons. The summed E-state index contributed by atoms with van der Waals surface area (Å²) in [5.74, 6) is 0.258. The number of carbonyl (C=O) groups is 2. The summed E-state index contributed by atoms with van der Waals surface area (Å²) in [5, 5.41) is 0.693. The maximum Gasteiger partial charge on any atom is 0.325 e. The summed E-state index contributed by atoms with van der Waals surface area (Å²) in [6, 6.07) is 10.2. The number of hydrogen-bond donors (Lipinski definition) is 0. The predicted octanol–water partition coefficient (Wildman–Crippen LogP) is 3.98. The number of esters is 1. The molecule has 2 aromatic carbocycles. The fourth-order valence-corrected chi connectivity index (χ4v) is 3.95. The zero-order valence-electron chi connectivity index (χ0n) is 15.6. The number of thiocarbonyl (C=S) groups is 1. The van der Waals surface area contributed by atoms with E-state index in [9.17, 15) is 9.59 Å². The van der Waals surface area contributed by atoms with Crippen molar-refractivity contribution in [1.82, 2.24) is 4.90 Å². The minimum atomic E-state index is -0.529. The number of benzene rings is 2. The molecular formula is C20H14BrClN2O5S. The van der Waals surface area contributed by atoms with Gasteiger partial charge in [-0.3, -0.25) is 14.5 Å². The summed E-state index contributed by atoms with van der Waals surface area (Å²) in [7, 11) is 1.28. The molecule has 1 amide bonds. The van der Waals surface area contributed by atoms with Crippen molar-refractivity contribution in [1.29, 1.82) is 0 Å². The number of hydrogen-bond acceptors (Lipinski definition) is 6. The summed E-state index contributed by atoms with van der Waals surface area (Å²) >= 11 is 15.0. The Morgan fingerprint density at radius 2 is 1.93 bits per heavy atom.